The third-order valence-electron chi connectivity index (χ3n) is 2.72. The van der Waals surface area contributed by atoms with Gasteiger partial charge in [0, 0.05) is 6.42 Å². The van der Waals surface area contributed by atoms with Crippen molar-refractivity contribution in [3.05, 3.63) is 41.5 Å². The Bertz CT molecular complexity index is 534. The molecule has 7 heteroatoms. The molecule has 1 atom stereocenters. The van der Waals surface area contributed by atoms with Gasteiger partial charge in [0.1, 0.15) is 6.29 Å². The highest BCUT2D eigenvalue weighted by Crippen LogP contribution is 2.29. The molecule has 1 aromatic rings. The number of aldehydes is 1. The molecule has 0 aliphatic carbocycles. The van der Waals surface area contributed by atoms with Gasteiger partial charge in [-0.1, -0.05) is 18.2 Å². The van der Waals surface area contributed by atoms with Gasteiger partial charge in [-0.2, -0.15) is 13.2 Å². The number of benzene rings is 1. The van der Waals surface area contributed by atoms with Crippen LogP contribution < -0.4 is 0 Å². The lowest BCUT2D eigenvalue weighted by Gasteiger charge is -2.18. The molecular weight excluding hydrogens is 289 g/mol. The third kappa shape index (κ3) is 4.42. The van der Waals surface area contributed by atoms with E-state index in [1.807, 2.05) is 0 Å². The molecule has 1 N–H and O–H groups in total. The summed E-state index contributed by atoms with van der Waals surface area (Å²) in [6, 6.07) is 4.10. The summed E-state index contributed by atoms with van der Waals surface area (Å²) in [7, 11) is 1.05. The lowest BCUT2D eigenvalue weighted by molar-refractivity contribution is -0.158. The van der Waals surface area contributed by atoms with E-state index in [9.17, 15) is 27.9 Å². The van der Waals surface area contributed by atoms with Gasteiger partial charge in [-0.05, 0) is 23.8 Å². The lowest BCUT2D eigenvalue weighted by Crippen LogP contribution is -2.37. The van der Waals surface area contributed by atoms with Crippen molar-refractivity contribution in [2.24, 2.45) is 0 Å². The summed E-state index contributed by atoms with van der Waals surface area (Å²) in [6.45, 7) is 0. The molecule has 0 fully saturated rings. The van der Waals surface area contributed by atoms with Crippen LogP contribution in [0.1, 0.15) is 17.5 Å². The fraction of sp³-hybridized carbons (Fsp3) is 0.286. The van der Waals surface area contributed by atoms with Crippen molar-refractivity contribution >= 4 is 18.3 Å². The maximum atomic E-state index is 12.4. The first-order chi connectivity index (χ1) is 9.73. The number of hydrogen-bond donors (Lipinski definition) is 1. The van der Waals surface area contributed by atoms with Crippen molar-refractivity contribution < 1.29 is 32.6 Å². The molecule has 0 radical (unpaired) electrons. The first-order valence-corrected chi connectivity index (χ1v) is 5.84. The molecule has 0 aliphatic heterocycles. The molecule has 0 heterocycles. The maximum absolute atomic E-state index is 12.4. The molecule has 0 spiro atoms. The van der Waals surface area contributed by atoms with Crippen molar-refractivity contribution in [2.45, 2.75) is 18.2 Å². The fourth-order valence-electron chi connectivity index (χ4n) is 1.54. The van der Waals surface area contributed by atoms with Crippen molar-refractivity contribution in [3.63, 3.8) is 0 Å². The molecule has 0 aliphatic rings. The Morgan fingerprint density at radius 2 is 1.86 bits per heavy atom. The van der Waals surface area contributed by atoms with Gasteiger partial charge in [-0.3, -0.25) is 0 Å². The van der Waals surface area contributed by atoms with E-state index in [-0.39, 0.29) is 0 Å². The standard InChI is InChI=1S/C14H13F3O4/c1-21-12(19)13(20,8-9-18)7-6-10-2-4-11(5-3-10)14(15,16)17/h2-7,9,20H,8H2,1H3/b7-6+/t13-/m0/s1. The van der Waals surface area contributed by atoms with E-state index in [1.54, 1.807) is 0 Å². The van der Waals surface area contributed by atoms with Gasteiger partial charge >= 0.3 is 12.1 Å². The summed E-state index contributed by atoms with van der Waals surface area (Å²) in [5.74, 6) is -1.03. The number of aliphatic hydroxyl groups is 1. The summed E-state index contributed by atoms with van der Waals surface area (Å²) in [4.78, 5) is 21.9. The zero-order chi connectivity index (χ0) is 16.1. The molecule has 0 unspecified atom stereocenters. The van der Waals surface area contributed by atoms with Gasteiger partial charge in [0.05, 0.1) is 12.7 Å². The number of carbonyl (C=O) groups is 2. The zero-order valence-electron chi connectivity index (χ0n) is 11.1. The molecule has 0 bridgehead atoms. The first kappa shape index (κ1) is 16.9. The van der Waals surface area contributed by atoms with Crippen LogP contribution in [0.5, 0.6) is 0 Å². The first-order valence-electron chi connectivity index (χ1n) is 5.84. The number of esters is 1. The van der Waals surface area contributed by atoms with Crippen LogP contribution in [0.15, 0.2) is 30.3 Å². The quantitative estimate of drug-likeness (QED) is 0.669. The van der Waals surface area contributed by atoms with Crippen molar-refractivity contribution in [3.8, 4) is 0 Å². The van der Waals surface area contributed by atoms with Crippen molar-refractivity contribution in [2.75, 3.05) is 7.11 Å². The van der Waals surface area contributed by atoms with Crippen LogP contribution in [0.3, 0.4) is 0 Å². The molecule has 0 saturated heterocycles. The second kappa shape index (κ2) is 6.53. The summed E-state index contributed by atoms with van der Waals surface area (Å²) in [5.41, 5.74) is -2.62. The van der Waals surface area contributed by atoms with Crippen LogP contribution in [0.2, 0.25) is 0 Å². The van der Waals surface area contributed by atoms with E-state index in [0.717, 1.165) is 25.3 Å². The minimum absolute atomic E-state index is 0.330. The topological polar surface area (TPSA) is 63.6 Å². The Morgan fingerprint density at radius 3 is 2.29 bits per heavy atom. The van der Waals surface area contributed by atoms with Gasteiger partial charge in [0.25, 0.3) is 0 Å². The largest absolute Gasteiger partial charge is 0.467 e. The Balaban J connectivity index is 2.97. The van der Waals surface area contributed by atoms with Crippen LogP contribution in [0.4, 0.5) is 13.2 Å². The Labute approximate surface area is 118 Å². The number of rotatable bonds is 5. The summed E-state index contributed by atoms with van der Waals surface area (Å²) in [6.07, 6.45) is -2.37. The summed E-state index contributed by atoms with van der Waals surface area (Å²) in [5, 5.41) is 9.95. The summed E-state index contributed by atoms with van der Waals surface area (Å²) >= 11 is 0. The Kier molecular flexibility index (Phi) is 5.26. The average molecular weight is 302 g/mol. The molecule has 0 saturated carbocycles. The van der Waals surface area contributed by atoms with Crippen molar-refractivity contribution in [1.82, 2.24) is 0 Å². The number of halogens is 3. The number of alkyl halides is 3. The Hall–Kier alpha value is -2.15. The van der Waals surface area contributed by atoms with E-state index >= 15 is 0 Å². The molecule has 114 valence electrons. The molecular formula is C14H13F3O4. The van der Waals surface area contributed by atoms with Gasteiger partial charge < -0.3 is 14.6 Å². The number of methoxy groups -OCH3 is 1. The average Bonchev–Trinajstić information content (AvgIpc) is 2.44. The highest BCUT2D eigenvalue weighted by atomic mass is 19.4. The molecule has 1 aromatic carbocycles. The zero-order valence-corrected chi connectivity index (χ0v) is 11.1. The molecule has 1 rings (SSSR count). The van der Waals surface area contributed by atoms with Gasteiger partial charge in [0.2, 0.25) is 0 Å². The number of ether oxygens (including phenoxy) is 1. The minimum Gasteiger partial charge on any atom is -0.467 e. The second-order valence-corrected chi connectivity index (χ2v) is 4.24. The highest BCUT2D eigenvalue weighted by Gasteiger charge is 2.34. The van der Waals surface area contributed by atoms with Crippen molar-refractivity contribution in [1.29, 1.82) is 0 Å². The molecule has 0 aromatic heterocycles. The van der Waals surface area contributed by atoms with E-state index in [0.29, 0.717) is 11.8 Å². The predicted octanol–water partition coefficient (Wildman–Crippen LogP) is 2.21. The summed E-state index contributed by atoms with van der Waals surface area (Å²) < 4.78 is 41.5. The van der Waals surface area contributed by atoms with Crippen LogP contribution in [-0.2, 0) is 20.5 Å². The predicted molar refractivity (Wildman–Crippen MR) is 68.1 cm³/mol. The van der Waals surface area contributed by atoms with Gasteiger partial charge in [0.15, 0.2) is 5.60 Å². The SMILES string of the molecule is COC(=O)[C@](O)(/C=C/c1ccc(C(F)(F)F)cc1)CC=O. The lowest BCUT2D eigenvalue weighted by atomic mass is 9.98. The van der Waals surface area contributed by atoms with Crippen LogP contribution in [0, 0.1) is 0 Å². The third-order valence-corrected chi connectivity index (χ3v) is 2.72. The van der Waals surface area contributed by atoms with E-state index in [4.69, 9.17) is 0 Å². The number of hydrogen-bond acceptors (Lipinski definition) is 4. The molecule has 0 amide bonds. The smallest absolute Gasteiger partial charge is 0.416 e. The monoisotopic (exact) mass is 302 g/mol. The number of carbonyl (C=O) groups excluding carboxylic acids is 2. The van der Waals surface area contributed by atoms with Gasteiger partial charge in [-0.25, -0.2) is 4.79 Å². The van der Waals surface area contributed by atoms with Crippen LogP contribution in [0.25, 0.3) is 6.08 Å². The Morgan fingerprint density at radius 1 is 1.29 bits per heavy atom. The molecule has 4 nitrogen and oxygen atoms in total. The van der Waals surface area contributed by atoms with Gasteiger partial charge in [-0.15, -0.1) is 0 Å². The normalized spacial score (nSPS) is 14.7. The minimum atomic E-state index is -4.44. The van der Waals surface area contributed by atoms with Crippen LogP contribution >= 0.6 is 0 Å². The highest BCUT2D eigenvalue weighted by molar-refractivity contribution is 5.85. The fourth-order valence-corrected chi connectivity index (χ4v) is 1.54. The van der Waals surface area contributed by atoms with E-state index in [2.05, 4.69) is 4.74 Å². The van der Waals surface area contributed by atoms with Crippen LogP contribution in [-0.4, -0.2) is 30.1 Å². The van der Waals surface area contributed by atoms with E-state index < -0.39 is 29.7 Å². The van der Waals surface area contributed by atoms with E-state index in [1.165, 1.54) is 18.2 Å². The maximum Gasteiger partial charge on any atom is 0.416 e. The molecule has 21 heavy (non-hydrogen) atoms. The second-order valence-electron chi connectivity index (χ2n) is 4.24.